The standard InChI is InChI=1S/C38H62O7/c1-42-36-30-33(25-27-35(36)39)26-28-38(41)45-32-34-31-44-37(40)24-22-20-18-16-14-12-10-8-6-4-2-3-5-7-9-11-13-15-17-19-21-23-29-43-34/h25-28,30,34,39H,2-24,29,31-32H2,1H3/t34-/m0/s1. The largest absolute Gasteiger partial charge is 0.504 e. The van der Waals surface area contributed by atoms with Gasteiger partial charge in [-0.2, -0.15) is 0 Å². The molecule has 1 aromatic carbocycles. The first-order valence-electron chi connectivity index (χ1n) is 18.1. The number of carbonyl (C=O) groups excluding carboxylic acids is 2. The number of hydrogen-bond donors (Lipinski definition) is 1. The summed E-state index contributed by atoms with van der Waals surface area (Å²) in [6.07, 6.45) is 30.8. The minimum absolute atomic E-state index is 0.00928. The summed E-state index contributed by atoms with van der Waals surface area (Å²) in [5.41, 5.74) is 0.693. The molecule has 1 N–H and O–H groups in total. The van der Waals surface area contributed by atoms with Gasteiger partial charge in [-0.15, -0.1) is 0 Å². The van der Waals surface area contributed by atoms with E-state index in [4.69, 9.17) is 18.9 Å². The number of methoxy groups -OCH3 is 1. The van der Waals surface area contributed by atoms with Crippen LogP contribution in [0.25, 0.3) is 6.08 Å². The Balaban J connectivity index is 1.77. The van der Waals surface area contributed by atoms with Crippen LogP contribution in [0.3, 0.4) is 0 Å². The smallest absolute Gasteiger partial charge is 0.330 e. The quantitative estimate of drug-likeness (QED) is 0.256. The first kappa shape index (κ1) is 38.6. The molecule has 1 aromatic rings. The summed E-state index contributed by atoms with van der Waals surface area (Å²) in [6, 6.07) is 4.82. The van der Waals surface area contributed by atoms with Crippen LogP contribution in [0.1, 0.15) is 153 Å². The van der Waals surface area contributed by atoms with Gasteiger partial charge in [0.2, 0.25) is 0 Å². The van der Waals surface area contributed by atoms with E-state index in [1.807, 2.05) is 0 Å². The lowest BCUT2D eigenvalue weighted by Crippen LogP contribution is -2.28. The number of aromatic hydroxyl groups is 1. The van der Waals surface area contributed by atoms with Gasteiger partial charge in [0, 0.05) is 19.1 Å². The predicted octanol–water partition coefficient (Wildman–Crippen LogP) is 9.87. The molecule has 0 bridgehead atoms. The Hall–Kier alpha value is -2.54. The summed E-state index contributed by atoms with van der Waals surface area (Å²) < 4.78 is 22.1. The van der Waals surface area contributed by atoms with Gasteiger partial charge in [0.25, 0.3) is 0 Å². The van der Waals surface area contributed by atoms with Gasteiger partial charge in [-0.3, -0.25) is 4.79 Å². The second kappa shape index (κ2) is 26.7. The van der Waals surface area contributed by atoms with Gasteiger partial charge in [0.05, 0.1) is 7.11 Å². The zero-order valence-electron chi connectivity index (χ0n) is 28.2. The van der Waals surface area contributed by atoms with Gasteiger partial charge < -0.3 is 24.1 Å². The summed E-state index contributed by atoms with van der Waals surface area (Å²) >= 11 is 0. The van der Waals surface area contributed by atoms with Gasteiger partial charge in [0.1, 0.15) is 19.3 Å². The average molecular weight is 631 g/mol. The van der Waals surface area contributed by atoms with Crippen LogP contribution < -0.4 is 4.74 Å². The number of hydrogen-bond acceptors (Lipinski definition) is 7. The lowest BCUT2D eigenvalue weighted by Gasteiger charge is -2.18. The molecule has 1 fully saturated rings. The van der Waals surface area contributed by atoms with E-state index >= 15 is 0 Å². The molecule has 0 unspecified atom stereocenters. The Bertz CT molecular complexity index is 929. The molecule has 256 valence electrons. The minimum Gasteiger partial charge on any atom is -0.504 e. The summed E-state index contributed by atoms with van der Waals surface area (Å²) in [4.78, 5) is 24.8. The maximum Gasteiger partial charge on any atom is 0.330 e. The van der Waals surface area contributed by atoms with E-state index in [9.17, 15) is 14.7 Å². The first-order valence-corrected chi connectivity index (χ1v) is 18.1. The van der Waals surface area contributed by atoms with Gasteiger partial charge in [-0.05, 0) is 36.6 Å². The fourth-order valence-corrected chi connectivity index (χ4v) is 5.74. The van der Waals surface area contributed by atoms with Gasteiger partial charge in [-0.1, -0.05) is 134 Å². The molecule has 0 saturated carbocycles. The van der Waals surface area contributed by atoms with Crippen LogP contribution in [0, 0.1) is 0 Å². The van der Waals surface area contributed by atoms with Crippen molar-refractivity contribution in [3.63, 3.8) is 0 Å². The maximum absolute atomic E-state index is 12.4. The molecule has 0 spiro atoms. The van der Waals surface area contributed by atoms with E-state index in [2.05, 4.69) is 0 Å². The summed E-state index contributed by atoms with van der Waals surface area (Å²) in [5.74, 6) is -0.383. The second-order valence-corrected chi connectivity index (χ2v) is 12.6. The van der Waals surface area contributed by atoms with Gasteiger partial charge in [0.15, 0.2) is 11.5 Å². The van der Waals surface area contributed by atoms with Crippen LogP contribution >= 0.6 is 0 Å². The van der Waals surface area contributed by atoms with Crippen LogP contribution in [0.5, 0.6) is 11.5 Å². The molecular weight excluding hydrogens is 568 g/mol. The van der Waals surface area contributed by atoms with Crippen molar-refractivity contribution >= 4 is 18.0 Å². The monoisotopic (exact) mass is 630 g/mol. The Kier molecular flexibility index (Phi) is 22.9. The van der Waals surface area contributed by atoms with Crippen LogP contribution in [0.2, 0.25) is 0 Å². The lowest BCUT2D eigenvalue weighted by atomic mass is 10.0. The Morgan fingerprint density at radius 3 is 1.78 bits per heavy atom. The molecular formula is C38H62O7. The van der Waals surface area contributed by atoms with Crippen molar-refractivity contribution in [1.82, 2.24) is 0 Å². The Morgan fingerprint density at radius 1 is 0.778 bits per heavy atom. The molecule has 7 nitrogen and oxygen atoms in total. The Morgan fingerprint density at radius 2 is 1.27 bits per heavy atom. The van der Waals surface area contributed by atoms with Crippen LogP contribution in [-0.2, 0) is 23.8 Å². The van der Waals surface area contributed by atoms with E-state index < -0.39 is 12.1 Å². The van der Waals surface area contributed by atoms with Gasteiger partial charge >= 0.3 is 11.9 Å². The highest BCUT2D eigenvalue weighted by molar-refractivity contribution is 5.87. The third kappa shape index (κ3) is 21.0. The zero-order chi connectivity index (χ0) is 32.2. The molecule has 1 heterocycles. The highest BCUT2D eigenvalue weighted by Gasteiger charge is 2.15. The number of cyclic esters (lactones) is 1. The second-order valence-electron chi connectivity index (χ2n) is 12.6. The molecule has 0 aliphatic carbocycles. The van der Waals surface area contributed by atoms with Crippen LogP contribution in [0.4, 0.5) is 0 Å². The van der Waals surface area contributed by atoms with E-state index in [1.165, 1.54) is 135 Å². The van der Waals surface area contributed by atoms with Crippen LogP contribution in [0.15, 0.2) is 24.3 Å². The van der Waals surface area contributed by atoms with Gasteiger partial charge in [-0.25, -0.2) is 4.79 Å². The number of rotatable bonds is 5. The van der Waals surface area contributed by atoms with Crippen molar-refractivity contribution in [3.8, 4) is 11.5 Å². The van der Waals surface area contributed by atoms with Crippen molar-refractivity contribution in [1.29, 1.82) is 0 Å². The molecule has 0 amide bonds. The van der Waals surface area contributed by atoms with E-state index in [0.717, 1.165) is 25.7 Å². The number of phenolic OH excluding ortho intramolecular Hbond substituents is 1. The van der Waals surface area contributed by atoms with Crippen molar-refractivity contribution in [2.45, 2.75) is 154 Å². The molecule has 0 radical (unpaired) electrons. The minimum atomic E-state index is -0.519. The molecule has 1 aliphatic heterocycles. The fourth-order valence-electron chi connectivity index (χ4n) is 5.74. The predicted molar refractivity (Wildman–Crippen MR) is 182 cm³/mol. The number of benzene rings is 1. The van der Waals surface area contributed by atoms with Crippen molar-refractivity contribution < 1.29 is 33.6 Å². The summed E-state index contributed by atoms with van der Waals surface area (Å²) in [7, 11) is 1.47. The molecule has 1 atom stereocenters. The van der Waals surface area contributed by atoms with E-state index in [-0.39, 0.29) is 24.9 Å². The zero-order valence-corrected chi connectivity index (χ0v) is 28.2. The molecule has 45 heavy (non-hydrogen) atoms. The first-order chi connectivity index (χ1) is 22.1. The highest BCUT2D eigenvalue weighted by atomic mass is 16.6. The third-order valence-corrected chi connectivity index (χ3v) is 8.59. The molecule has 0 aromatic heterocycles. The maximum atomic E-state index is 12.4. The number of phenols is 1. The van der Waals surface area contributed by atoms with Crippen molar-refractivity contribution in [2.24, 2.45) is 0 Å². The van der Waals surface area contributed by atoms with Crippen molar-refractivity contribution in [2.75, 3.05) is 26.9 Å². The topological polar surface area (TPSA) is 91.3 Å². The van der Waals surface area contributed by atoms with E-state index in [0.29, 0.717) is 24.3 Å². The normalized spacial score (nSPS) is 21.1. The highest BCUT2D eigenvalue weighted by Crippen LogP contribution is 2.26. The molecule has 2 rings (SSSR count). The number of carbonyl (C=O) groups is 2. The number of ether oxygens (including phenoxy) is 4. The van der Waals surface area contributed by atoms with E-state index in [1.54, 1.807) is 18.2 Å². The lowest BCUT2D eigenvalue weighted by molar-refractivity contribution is -0.153. The number of esters is 2. The SMILES string of the molecule is COc1cc(C=CC(=O)OC[C@@H]2COC(=O)CCCCCCCCCCCCCCCCCCCCCCCCO2)ccc1O. The Labute approximate surface area is 273 Å². The summed E-state index contributed by atoms with van der Waals surface area (Å²) in [6.45, 7) is 0.628. The molecule has 1 aliphatic rings. The summed E-state index contributed by atoms with van der Waals surface area (Å²) in [5, 5.41) is 9.76. The fraction of sp³-hybridized carbons (Fsp3) is 0.737. The average Bonchev–Trinajstić information content (AvgIpc) is 3.04. The molecule has 7 heteroatoms. The van der Waals surface area contributed by atoms with Crippen LogP contribution in [-0.4, -0.2) is 50.1 Å². The molecule has 1 saturated heterocycles. The van der Waals surface area contributed by atoms with Crippen molar-refractivity contribution in [3.05, 3.63) is 29.8 Å². The third-order valence-electron chi connectivity index (χ3n) is 8.59.